The van der Waals surface area contributed by atoms with Crippen molar-refractivity contribution in [1.82, 2.24) is 0 Å². The van der Waals surface area contributed by atoms with Gasteiger partial charge in [0, 0.05) is 12.1 Å². The van der Waals surface area contributed by atoms with Gasteiger partial charge in [0.15, 0.2) is 0 Å². The molecule has 1 N–H and O–H groups in total. The standard InChI is InChI=1S/C19H20N2O3/c1-13-5-4-6-16(9-13)21-19(22)15(12-20)10-14-11-17(23-2)7-8-18(14)24-3/h4-9,11,15H,10H2,1-3H3,(H,21,22)/t15-/m0/s1. The van der Waals surface area contributed by atoms with Crippen LogP contribution >= 0.6 is 0 Å². The van der Waals surface area contributed by atoms with Gasteiger partial charge in [0.2, 0.25) is 5.91 Å². The van der Waals surface area contributed by atoms with Crippen LogP contribution in [0.2, 0.25) is 0 Å². The first-order chi connectivity index (χ1) is 11.6. The van der Waals surface area contributed by atoms with E-state index in [1.165, 1.54) is 0 Å². The minimum Gasteiger partial charge on any atom is -0.497 e. The highest BCUT2D eigenvalue weighted by molar-refractivity contribution is 5.94. The molecule has 1 atom stereocenters. The van der Waals surface area contributed by atoms with Gasteiger partial charge in [-0.05, 0) is 48.4 Å². The van der Waals surface area contributed by atoms with E-state index in [9.17, 15) is 10.1 Å². The van der Waals surface area contributed by atoms with Crippen molar-refractivity contribution in [1.29, 1.82) is 5.26 Å². The predicted molar refractivity (Wildman–Crippen MR) is 92.2 cm³/mol. The van der Waals surface area contributed by atoms with Crippen LogP contribution in [0.15, 0.2) is 42.5 Å². The number of anilines is 1. The van der Waals surface area contributed by atoms with Gasteiger partial charge in [-0.15, -0.1) is 0 Å². The second kappa shape index (κ2) is 8.02. The monoisotopic (exact) mass is 324 g/mol. The van der Waals surface area contributed by atoms with Gasteiger partial charge < -0.3 is 14.8 Å². The molecule has 0 aliphatic rings. The number of nitrogens with zero attached hydrogens (tertiary/aromatic N) is 1. The zero-order chi connectivity index (χ0) is 17.5. The lowest BCUT2D eigenvalue weighted by Crippen LogP contribution is -2.23. The van der Waals surface area contributed by atoms with Crippen LogP contribution in [0.3, 0.4) is 0 Å². The molecule has 1 amide bonds. The third kappa shape index (κ3) is 4.26. The molecule has 0 saturated carbocycles. The highest BCUT2D eigenvalue weighted by atomic mass is 16.5. The summed E-state index contributed by atoms with van der Waals surface area (Å²) in [5.41, 5.74) is 2.47. The fourth-order valence-electron chi connectivity index (χ4n) is 2.41. The molecule has 0 spiro atoms. The van der Waals surface area contributed by atoms with Gasteiger partial charge in [-0.2, -0.15) is 5.26 Å². The highest BCUT2D eigenvalue weighted by Crippen LogP contribution is 2.26. The minimum atomic E-state index is -0.827. The Morgan fingerprint density at radius 2 is 2.00 bits per heavy atom. The number of benzene rings is 2. The van der Waals surface area contributed by atoms with Crippen molar-refractivity contribution in [2.75, 3.05) is 19.5 Å². The van der Waals surface area contributed by atoms with E-state index in [2.05, 4.69) is 11.4 Å². The number of hydrogen-bond acceptors (Lipinski definition) is 4. The summed E-state index contributed by atoms with van der Waals surface area (Å²) < 4.78 is 10.5. The number of rotatable bonds is 6. The predicted octanol–water partition coefficient (Wildman–Crippen LogP) is 3.33. The topological polar surface area (TPSA) is 71.3 Å². The van der Waals surface area contributed by atoms with Gasteiger partial charge in [0.25, 0.3) is 0 Å². The number of nitrogens with one attached hydrogen (secondary N) is 1. The molecule has 2 aromatic rings. The first-order valence-corrected chi connectivity index (χ1v) is 7.55. The quantitative estimate of drug-likeness (QED) is 0.884. The Hall–Kier alpha value is -3.00. The number of methoxy groups -OCH3 is 2. The van der Waals surface area contributed by atoms with Crippen LogP contribution in [0.1, 0.15) is 11.1 Å². The number of ether oxygens (including phenoxy) is 2. The zero-order valence-corrected chi connectivity index (χ0v) is 14.0. The lowest BCUT2D eigenvalue weighted by atomic mass is 9.98. The van der Waals surface area contributed by atoms with Gasteiger partial charge in [0.05, 0.1) is 20.3 Å². The van der Waals surface area contributed by atoms with E-state index in [-0.39, 0.29) is 12.3 Å². The number of carbonyl (C=O) groups excluding carboxylic acids is 1. The number of aryl methyl sites for hydroxylation is 1. The second-order valence-electron chi connectivity index (χ2n) is 5.42. The van der Waals surface area contributed by atoms with E-state index in [1.807, 2.05) is 25.1 Å². The van der Waals surface area contributed by atoms with Crippen molar-refractivity contribution >= 4 is 11.6 Å². The molecule has 0 saturated heterocycles. The van der Waals surface area contributed by atoms with Crippen LogP contribution in [0.25, 0.3) is 0 Å². The van der Waals surface area contributed by atoms with E-state index < -0.39 is 5.92 Å². The largest absolute Gasteiger partial charge is 0.497 e. The average Bonchev–Trinajstić information content (AvgIpc) is 2.59. The summed E-state index contributed by atoms with van der Waals surface area (Å²) in [6.07, 6.45) is 0.245. The number of carbonyl (C=O) groups is 1. The van der Waals surface area contributed by atoms with E-state index in [0.717, 1.165) is 11.1 Å². The Bertz CT molecular complexity index is 765. The van der Waals surface area contributed by atoms with Crippen LogP contribution in [0.4, 0.5) is 5.69 Å². The summed E-state index contributed by atoms with van der Waals surface area (Å²) in [5, 5.41) is 12.2. The summed E-state index contributed by atoms with van der Waals surface area (Å²) in [7, 11) is 3.12. The molecule has 0 fully saturated rings. The summed E-state index contributed by atoms with van der Waals surface area (Å²) in [5.74, 6) is 0.112. The molecule has 5 heteroatoms. The van der Waals surface area contributed by atoms with Crippen LogP contribution in [0.5, 0.6) is 11.5 Å². The van der Waals surface area contributed by atoms with E-state index in [1.54, 1.807) is 38.5 Å². The zero-order valence-electron chi connectivity index (χ0n) is 14.0. The van der Waals surface area contributed by atoms with E-state index >= 15 is 0 Å². The Labute approximate surface area is 141 Å². The van der Waals surface area contributed by atoms with Crippen LogP contribution in [-0.4, -0.2) is 20.1 Å². The summed E-state index contributed by atoms with van der Waals surface area (Å²) in [6.45, 7) is 1.94. The van der Waals surface area contributed by atoms with E-state index in [4.69, 9.17) is 9.47 Å². The van der Waals surface area contributed by atoms with E-state index in [0.29, 0.717) is 17.2 Å². The fourth-order valence-corrected chi connectivity index (χ4v) is 2.41. The molecule has 0 aliphatic carbocycles. The Morgan fingerprint density at radius 1 is 1.21 bits per heavy atom. The average molecular weight is 324 g/mol. The first kappa shape index (κ1) is 17.4. The van der Waals surface area contributed by atoms with Gasteiger partial charge in [0.1, 0.15) is 17.4 Å². The molecule has 0 bridgehead atoms. The van der Waals surface area contributed by atoms with Crippen LogP contribution in [-0.2, 0) is 11.2 Å². The molecule has 0 aromatic heterocycles. The number of amides is 1. The van der Waals surface area contributed by atoms with Crippen molar-refractivity contribution in [3.05, 3.63) is 53.6 Å². The van der Waals surface area contributed by atoms with Gasteiger partial charge in [-0.1, -0.05) is 12.1 Å². The maximum Gasteiger partial charge on any atom is 0.242 e. The van der Waals surface area contributed by atoms with Crippen molar-refractivity contribution in [2.45, 2.75) is 13.3 Å². The van der Waals surface area contributed by atoms with Gasteiger partial charge in [-0.3, -0.25) is 4.79 Å². The lowest BCUT2D eigenvalue weighted by Gasteiger charge is -2.14. The molecule has 24 heavy (non-hydrogen) atoms. The molecule has 0 aliphatic heterocycles. The maximum atomic E-state index is 12.4. The maximum absolute atomic E-state index is 12.4. The summed E-state index contributed by atoms with van der Waals surface area (Å²) in [6, 6.07) is 14.8. The van der Waals surface area contributed by atoms with Crippen molar-refractivity contribution in [3.63, 3.8) is 0 Å². The van der Waals surface area contributed by atoms with Crippen LogP contribution < -0.4 is 14.8 Å². The van der Waals surface area contributed by atoms with Crippen molar-refractivity contribution in [3.8, 4) is 17.6 Å². The molecular weight excluding hydrogens is 304 g/mol. The van der Waals surface area contributed by atoms with Gasteiger partial charge >= 0.3 is 0 Å². The number of hydrogen-bond donors (Lipinski definition) is 1. The van der Waals surface area contributed by atoms with Gasteiger partial charge in [-0.25, -0.2) is 0 Å². The molecule has 2 aromatic carbocycles. The third-order valence-electron chi connectivity index (χ3n) is 3.67. The summed E-state index contributed by atoms with van der Waals surface area (Å²) in [4.78, 5) is 12.4. The molecule has 0 radical (unpaired) electrons. The van der Waals surface area contributed by atoms with Crippen LogP contribution in [0, 0.1) is 24.2 Å². The Kier molecular flexibility index (Phi) is 5.80. The fraction of sp³-hybridized carbons (Fsp3) is 0.263. The SMILES string of the molecule is COc1ccc(OC)c(C[C@@H](C#N)C(=O)Nc2cccc(C)c2)c1. The number of nitriles is 1. The van der Waals surface area contributed by atoms with Crippen molar-refractivity contribution < 1.29 is 14.3 Å². The normalized spacial score (nSPS) is 11.2. The third-order valence-corrected chi connectivity index (χ3v) is 3.67. The Morgan fingerprint density at radius 3 is 2.62 bits per heavy atom. The Balaban J connectivity index is 2.17. The minimum absolute atomic E-state index is 0.245. The van der Waals surface area contributed by atoms with Crippen molar-refractivity contribution in [2.24, 2.45) is 5.92 Å². The second-order valence-corrected chi connectivity index (χ2v) is 5.42. The summed E-state index contributed by atoms with van der Waals surface area (Å²) >= 11 is 0. The molecule has 0 heterocycles. The smallest absolute Gasteiger partial charge is 0.242 e. The molecular formula is C19H20N2O3. The molecule has 0 unspecified atom stereocenters. The highest BCUT2D eigenvalue weighted by Gasteiger charge is 2.21. The lowest BCUT2D eigenvalue weighted by molar-refractivity contribution is -0.118. The molecule has 124 valence electrons. The first-order valence-electron chi connectivity index (χ1n) is 7.55. The molecule has 5 nitrogen and oxygen atoms in total. The molecule has 2 rings (SSSR count).